The standard InChI is InChI=1S/C21H27N5O4S2/c1-13(20(28)25(3)18-9-10-32(29,30)12-18)31-21-24-23-19(15-7-8-15)26(21)17-6-4-5-16(11-17)22-14(2)27/h4-6,11,13,15,18H,7-10,12H2,1-3H3,(H,22,27). The van der Waals surface area contributed by atoms with Crippen LogP contribution in [0, 0.1) is 0 Å². The van der Waals surface area contributed by atoms with Crippen LogP contribution in [-0.4, -0.2) is 69.7 Å². The fourth-order valence-electron chi connectivity index (χ4n) is 3.89. The number of rotatable bonds is 7. The summed E-state index contributed by atoms with van der Waals surface area (Å²) in [6, 6.07) is 7.17. The van der Waals surface area contributed by atoms with Gasteiger partial charge in [-0.25, -0.2) is 8.42 Å². The lowest BCUT2D eigenvalue weighted by Crippen LogP contribution is -2.41. The molecule has 2 amide bonds. The summed E-state index contributed by atoms with van der Waals surface area (Å²) in [5, 5.41) is 11.7. The van der Waals surface area contributed by atoms with Gasteiger partial charge >= 0.3 is 0 Å². The number of hydrogen-bond donors (Lipinski definition) is 1. The third-order valence-corrected chi connectivity index (χ3v) is 8.54. The molecule has 2 fully saturated rings. The van der Waals surface area contributed by atoms with Gasteiger partial charge in [-0.3, -0.25) is 14.2 Å². The second kappa shape index (κ2) is 8.86. The van der Waals surface area contributed by atoms with Gasteiger partial charge in [0, 0.05) is 31.6 Å². The van der Waals surface area contributed by atoms with Crippen molar-refractivity contribution in [1.82, 2.24) is 19.7 Å². The SMILES string of the molecule is CC(=O)Nc1cccc(-n2c(SC(C)C(=O)N(C)C3CCS(=O)(=O)C3)nnc2C2CC2)c1. The van der Waals surface area contributed by atoms with E-state index in [0.717, 1.165) is 24.4 Å². The molecular weight excluding hydrogens is 450 g/mol. The zero-order chi connectivity index (χ0) is 23.0. The van der Waals surface area contributed by atoms with Gasteiger partial charge in [0.15, 0.2) is 15.0 Å². The van der Waals surface area contributed by atoms with E-state index >= 15 is 0 Å². The molecule has 1 saturated heterocycles. The molecule has 2 unspecified atom stereocenters. The molecule has 9 nitrogen and oxygen atoms in total. The van der Waals surface area contributed by atoms with Gasteiger partial charge in [0.25, 0.3) is 0 Å². The van der Waals surface area contributed by atoms with Gasteiger partial charge in [0.05, 0.1) is 22.4 Å². The number of carbonyl (C=O) groups is 2. The highest BCUT2D eigenvalue weighted by Crippen LogP contribution is 2.41. The van der Waals surface area contributed by atoms with E-state index < -0.39 is 15.1 Å². The second-order valence-electron chi connectivity index (χ2n) is 8.45. The number of aromatic nitrogens is 3. The molecule has 11 heteroatoms. The van der Waals surface area contributed by atoms with Gasteiger partial charge in [-0.05, 0) is 44.4 Å². The van der Waals surface area contributed by atoms with Crippen molar-refractivity contribution in [2.75, 3.05) is 23.9 Å². The van der Waals surface area contributed by atoms with Gasteiger partial charge in [-0.1, -0.05) is 17.8 Å². The first-order chi connectivity index (χ1) is 15.1. The van der Waals surface area contributed by atoms with Crippen LogP contribution < -0.4 is 5.32 Å². The summed E-state index contributed by atoms with van der Waals surface area (Å²) in [7, 11) is -1.40. The molecule has 172 valence electrons. The van der Waals surface area contributed by atoms with E-state index in [9.17, 15) is 18.0 Å². The number of benzene rings is 1. The largest absolute Gasteiger partial charge is 0.341 e. The summed E-state index contributed by atoms with van der Waals surface area (Å²) < 4.78 is 25.6. The lowest BCUT2D eigenvalue weighted by atomic mass is 10.2. The molecule has 1 aromatic heterocycles. The van der Waals surface area contributed by atoms with E-state index in [2.05, 4.69) is 15.5 Å². The molecule has 0 bridgehead atoms. The molecule has 1 aliphatic carbocycles. The maximum Gasteiger partial charge on any atom is 0.235 e. The van der Waals surface area contributed by atoms with Crippen LogP contribution in [0.3, 0.4) is 0 Å². The highest BCUT2D eigenvalue weighted by molar-refractivity contribution is 8.00. The number of hydrogen-bond acceptors (Lipinski definition) is 7. The summed E-state index contributed by atoms with van der Waals surface area (Å²) in [6.07, 6.45) is 2.56. The minimum absolute atomic E-state index is 0.0184. The second-order valence-corrected chi connectivity index (χ2v) is 12.0. The molecule has 0 radical (unpaired) electrons. The van der Waals surface area contributed by atoms with E-state index in [-0.39, 0.29) is 29.4 Å². The van der Waals surface area contributed by atoms with Crippen LogP contribution in [0.25, 0.3) is 5.69 Å². The number of anilines is 1. The maximum absolute atomic E-state index is 13.0. The Morgan fingerprint density at radius 3 is 2.62 bits per heavy atom. The molecule has 4 rings (SSSR count). The normalized spacial score (nSPS) is 20.7. The highest BCUT2D eigenvalue weighted by Gasteiger charge is 2.36. The molecule has 2 atom stereocenters. The van der Waals surface area contributed by atoms with Crippen LogP contribution >= 0.6 is 11.8 Å². The van der Waals surface area contributed by atoms with Crippen molar-refractivity contribution in [3.05, 3.63) is 30.1 Å². The Kier molecular flexibility index (Phi) is 6.30. The van der Waals surface area contributed by atoms with E-state index in [1.807, 2.05) is 28.8 Å². The number of nitrogens with zero attached hydrogens (tertiary/aromatic N) is 4. The first kappa shape index (κ1) is 22.8. The smallest absolute Gasteiger partial charge is 0.235 e. The van der Waals surface area contributed by atoms with Crippen LogP contribution in [0.15, 0.2) is 29.4 Å². The Balaban J connectivity index is 1.57. The van der Waals surface area contributed by atoms with Crippen molar-refractivity contribution < 1.29 is 18.0 Å². The van der Waals surface area contributed by atoms with Crippen LogP contribution in [0.5, 0.6) is 0 Å². The molecule has 1 N–H and O–H groups in total. The fourth-order valence-corrected chi connectivity index (χ4v) is 6.64. The van der Waals surface area contributed by atoms with E-state index in [4.69, 9.17) is 0 Å². The Labute approximate surface area is 191 Å². The lowest BCUT2D eigenvalue weighted by Gasteiger charge is -2.26. The Hall–Kier alpha value is -2.40. The predicted molar refractivity (Wildman–Crippen MR) is 123 cm³/mol. The minimum Gasteiger partial charge on any atom is -0.341 e. The molecule has 0 spiro atoms. The fraction of sp³-hybridized carbons (Fsp3) is 0.524. The number of carbonyl (C=O) groups excluding carboxylic acids is 2. The van der Waals surface area contributed by atoms with Crippen LogP contribution in [0.1, 0.15) is 44.9 Å². The minimum atomic E-state index is -3.07. The average molecular weight is 478 g/mol. The number of thioether (sulfide) groups is 1. The highest BCUT2D eigenvalue weighted by atomic mass is 32.2. The summed E-state index contributed by atoms with van der Waals surface area (Å²) in [4.78, 5) is 26.1. The monoisotopic (exact) mass is 477 g/mol. The van der Waals surface area contributed by atoms with E-state index in [0.29, 0.717) is 23.2 Å². The zero-order valence-corrected chi connectivity index (χ0v) is 19.9. The van der Waals surface area contributed by atoms with E-state index in [1.165, 1.54) is 18.7 Å². The van der Waals surface area contributed by atoms with Gasteiger partial charge in [-0.15, -0.1) is 10.2 Å². The molecule has 1 aliphatic heterocycles. The summed E-state index contributed by atoms with van der Waals surface area (Å²) in [6.45, 7) is 3.26. The number of amides is 2. The third kappa shape index (κ3) is 4.98. The van der Waals surface area contributed by atoms with Crippen molar-refractivity contribution >= 4 is 39.1 Å². The number of sulfone groups is 1. The third-order valence-electron chi connectivity index (χ3n) is 5.76. The summed E-state index contributed by atoms with van der Waals surface area (Å²) in [5.41, 5.74) is 1.49. The van der Waals surface area contributed by atoms with Crippen molar-refractivity contribution in [3.8, 4) is 5.69 Å². The molecule has 2 heterocycles. The Morgan fingerprint density at radius 2 is 2.00 bits per heavy atom. The van der Waals surface area contributed by atoms with Gasteiger partial charge in [0.2, 0.25) is 11.8 Å². The number of nitrogens with one attached hydrogen (secondary N) is 1. The van der Waals surface area contributed by atoms with Gasteiger partial charge in [0.1, 0.15) is 5.82 Å². The molecule has 1 aromatic carbocycles. The first-order valence-electron chi connectivity index (χ1n) is 10.6. The molecular formula is C21H27N5O4S2. The Bertz CT molecular complexity index is 1140. The summed E-state index contributed by atoms with van der Waals surface area (Å²) in [5.74, 6) is 1.04. The molecule has 2 aromatic rings. The van der Waals surface area contributed by atoms with Crippen LogP contribution in [-0.2, 0) is 19.4 Å². The van der Waals surface area contributed by atoms with Crippen LogP contribution in [0.4, 0.5) is 5.69 Å². The topological polar surface area (TPSA) is 114 Å². The predicted octanol–water partition coefficient (Wildman–Crippen LogP) is 2.23. The molecule has 2 aliphatic rings. The van der Waals surface area contributed by atoms with Crippen molar-refractivity contribution in [3.63, 3.8) is 0 Å². The molecule has 1 saturated carbocycles. The van der Waals surface area contributed by atoms with Gasteiger partial charge < -0.3 is 10.2 Å². The van der Waals surface area contributed by atoms with E-state index in [1.54, 1.807) is 18.9 Å². The molecule has 32 heavy (non-hydrogen) atoms. The van der Waals surface area contributed by atoms with Gasteiger partial charge in [-0.2, -0.15) is 0 Å². The van der Waals surface area contributed by atoms with Crippen molar-refractivity contribution in [1.29, 1.82) is 0 Å². The quantitative estimate of drug-likeness (QED) is 0.608. The zero-order valence-electron chi connectivity index (χ0n) is 18.3. The first-order valence-corrected chi connectivity index (χ1v) is 13.3. The average Bonchev–Trinajstić information content (AvgIpc) is 3.39. The van der Waals surface area contributed by atoms with Crippen LogP contribution in [0.2, 0.25) is 0 Å². The van der Waals surface area contributed by atoms with Crippen molar-refractivity contribution in [2.45, 2.75) is 55.5 Å². The maximum atomic E-state index is 13.0. The lowest BCUT2D eigenvalue weighted by molar-refractivity contribution is -0.130. The Morgan fingerprint density at radius 1 is 1.25 bits per heavy atom. The van der Waals surface area contributed by atoms with Crippen molar-refractivity contribution in [2.24, 2.45) is 0 Å². The summed E-state index contributed by atoms with van der Waals surface area (Å²) >= 11 is 1.31.